The molecule has 3 nitrogen and oxygen atoms in total. The molecule has 0 unspecified atom stereocenters. The Morgan fingerprint density at radius 1 is 1.42 bits per heavy atom. The second kappa shape index (κ2) is 5.42. The van der Waals surface area contributed by atoms with E-state index in [1.165, 1.54) is 6.92 Å². The van der Waals surface area contributed by atoms with Crippen LogP contribution in [0.2, 0.25) is 0 Å². The molecule has 0 fully saturated rings. The number of rotatable bonds is 6. The number of sulfone groups is 1. The van der Waals surface area contributed by atoms with Gasteiger partial charge in [0.2, 0.25) is 0 Å². The first-order valence-corrected chi connectivity index (χ1v) is 5.49. The Balaban J connectivity index is 3.45. The predicted octanol–water partition coefficient (Wildman–Crippen LogP) is 0.276. The maximum absolute atomic E-state index is 11.5. The summed E-state index contributed by atoms with van der Waals surface area (Å²) in [4.78, 5) is 0. The minimum Gasteiger partial charge on any atom is -0.310 e. The van der Waals surface area contributed by atoms with Crippen LogP contribution in [0.4, 0.5) is 8.78 Å². The quantitative estimate of drug-likeness (QED) is 0.628. The zero-order valence-corrected chi connectivity index (χ0v) is 7.70. The molecule has 0 saturated heterocycles. The van der Waals surface area contributed by atoms with Crippen molar-refractivity contribution < 1.29 is 17.2 Å². The van der Waals surface area contributed by atoms with Crippen LogP contribution >= 0.6 is 0 Å². The van der Waals surface area contributed by atoms with E-state index < -0.39 is 22.8 Å². The van der Waals surface area contributed by atoms with Crippen molar-refractivity contribution in [2.45, 2.75) is 13.3 Å². The highest BCUT2D eigenvalue weighted by Gasteiger charge is 2.07. The van der Waals surface area contributed by atoms with Crippen LogP contribution in [0, 0.1) is 0 Å². The second-order valence-corrected chi connectivity index (χ2v) is 4.80. The van der Waals surface area contributed by atoms with Gasteiger partial charge in [-0.3, -0.25) is 0 Å². The number of hydrogen-bond donors (Lipinski definition) is 1. The summed E-state index contributed by atoms with van der Waals surface area (Å²) in [6.45, 7) is 1.18. The van der Waals surface area contributed by atoms with Crippen molar-refractivity contribution in [2.75, 3.05) is 24.6 Å². The average Bonchev–Trinajstić information content (AvgIpc) is 1.98. The maximum atomic E-state index is 11.5. The van der Waals surface area contributed by atoms with Crippen LogP contribution in [-0.2, 0) is 9.84 Å². The van der Waals surface area contributed by atoms with E-state index in [0.29, 0.717) is 0 Å². The minimum absolute atomic E-state index is 0.0589. The molecule has 0 saturated carbocycles. The molecule has 0 aromatic carbocycles. The smallest absolute Gasteiger partial charge is 0.250 e. The third kappa shape index (κ3) is 6.48. The van der Waals surface area contributed by atoms with E-state index in [1.54, 1.807) is 0 Å². The third-order valence-corrected chi connectivity index (χ3v) is 3.03. The van der Waals surface area contributed by atoms with Gasteiger partial charge in [0.25, 0.3) is 6.43 Å². The van der Waals surface area contributed by atoms with E-state index in [1.807, 2.05) is 0 Å². The number of halogens is 2. The van der Waals surface area contributed by atoms with Crippen molar-refractivity contribution in [1.82, 2.24) is 5.32 Å². The van der Waals surface area contributed by atoms with Gasteiger partial charge in [0.1, 0.15) is 0 Å². The fourth-order valence-corrected chi connectivity index (χ4v) is 1.33. The van der Waals surface area contributed by atoms with E-state index in [2.05, 4.69) is 5.32 Å². The van der Waals surface area contributed by atoms with Gasteiger partial charge in [0.05, 0.1) is 12.3 Å². The lowest BCUT2D eigenvalue weighted by Gasteiger charge is -2.03. The molecule has 0 spiro atoms. The van der Waals surface area contributed by atoms with Crippen LogP contribution in [0.5, 0.6) is 0 Å². The Morgan fingerprint density at radius 2 is 2.00 bits per heavy atom. The summed E-state index contributed by atoms with van der Waals surface area (Å²) in [6, 6.07) is 0. The molecule has 6 heteroatoms. The molecule has 0 aromatic rings. The van der Waals surface area contributed by atoms with Crippen LogP contribution in [0.1, 0.15) is 6.92 Å². The van der Waals surface area contributed by atoms with Gasteiger partial charge in [-0.25, -0.2) is 17.2 Å². The molecule has 74 valence electrons. The molecule has 0 amide bonds. The number of hydrogen-bond acceptors (Lipinski definition) is 3. The van der Waals surface area contributed by atoms with Crippen molar-refractivity contribution in [3.05, 3.63) is 0 Å². The largest absolute Gasteiger partial charge is 0.310 e. The Morgan fingerprint density at radius 3 is 2.42 bits per heavy atom. The zero-order valence-electron chi connectivity index (χ0n) is 6.89. The van der Waals surface area contributed by atoms with E-state index in [4.69, 9.17) is 0 Å². The summed E-state index contributed by atoms with van der Waals surface area (Å²) in [5.74, 6) is -0.0143. The summed E-state index contributed by atoms with van der Waals surface area (Å²) in [6.07, 6.45) is -2.42. The van der Waals surface area contributed by atoms with Gasteiger partial charge < -0.3 is 5.32 Å². The van der Waals surface area contributed by atoms with Crippen molar-refractivity contribution >= 4 is 9.84 Å². The molecule has 0 rings (SSSR count). The van der Waals surface area contributed by atoms with Crippen LogP contribution in [0.3, 0.4) is 0 Å². The molecule has 12 heavy (non-hydrogen) atoms. The summed E-state index contributed by atoms with van der Waals surface area (Å²) in [5, 5.41) is 2.35. The molecule has 0 aliphatic rings. The van der Waals surface area contributed by atoms with Gasteiger partial charge >= 0.3 is 0 Å². The van der Waals surface area contributed by atoms with Crippen LogP contribution in [0.15, 0.2) is 0 Å². The first kappa shape index (κ1) is 11.8. The second-order valence-electron chi connectivity index (χ2n) is 2.33. The topological polar surface area (TPSA) is 46.2 Å². The van der Waals surface area contributed by atoms with Crippen molar-refractivity contribution in [1.29, 1.82) is 0 Å². The Kier molecular flexibility index (Phi) is 5.32. The van der Waals surface area contributed by atoms with E-state index in [-0.39, 0.29) is 18.1 Å². The highest BCUT2D eigenvalue weighted by molar-refractivity contribution is 7.91. The molecule has 1 N–H and O–H groups in total. The van der Waals surface area contributed by atoms with Gasteiger partial charge in [0.15, 0.2) is 9.84 Å². The fourth-order valence-electron chi connectivity index (χ4n) is 0.583. The Hall–Kier alpha value is -0.230. The fraction of sp³-hybridized carbons (Fsp3) is 1.00. The zero-order chi connectivity index (χ0) is 9.61. The number of nitrogens with one attached hydrogen (secondary N) is 1. The van der Waals surface area contributed by atoms with Crippen LogP contribution < -0.4 is 5.32 Å². The van der Waals surface area contributed by atoms with Gasteiger partial charge in [0, 0.05) is 12.3 Å². The number of alkyl halides is 2. The molecule has 0 aliphatic carbocycles. The highest BCUT2D eigenvalue weighted by Crippen LogP contribution is 1.89. The maximum Gasteiger partial charge on any atom is 0.250 e. The molecule has 0 radical (unpaired) electrons. The first-order chi connectivity index (χ1) is 5.48. The average molecular weight is 201 g/mol. The van der Waals surface area contributed by atoms with E-state index >= 15 is 0 Å². The lowest BCUT2D eigenvalue weighted by atomic mass is 10.6. The van der Waals surface area contributed by atoms with E-state index in [0.717, 1.165) is 0 Å². The summed E-state index contributed by atoms with van der Waals surface area (Å²) in [5.41, 5.74) is 0. The molecule has 0 aliphatic heterocycles. The SMILES string of the molecule is CCS(=O)(=O)CCNCC(F)F. The standard InChI is InChI=1S/C6H13F2NO2S/c1-2-12(10,11)4-3-9-5-6(7)8/h6,9H,2-5H2,1H3. The molecular weight excluding hydrogens is 188 g/mol. The summed E-state index contributed by atoms with van der Waals surface area (Å²) >= 11 is 0. The third-order valence-electron chi connectivity index (χ3n) is 1.33. The molecule has 0 aromatic heterocycles. The van der Waals surface area contributed by atoms with Crippen molar-refractivity contribution in [3.63, 3.8) is 0 Å². The van der Waals surface area contributed by atoms with Gasteiger partial charge in [-0.15, -0.1) is 0 Å². The minimum atomic E-state index is -3.02. The van der Waals surface area contributed by atoms with Gasteiger partial charge in [-0.2, -0.15) is 0 Å². The Labute approximate surface area is 71.1 Å². The summed E-state index contributed by atoms with van der Waals surface area (Å²) < 4.78 is 44.7. The predicted molar refractivity (Wildman–Crippen MR) is 43.2 cm³/mol. The normalized spacial score (nSPS) is 12.3. The molecule has 0 heterocycles. The summed E-state index contributed by atoms with van der Waals surface area (Å²) in [7, 11) is -3.02. The molecular formula is C6H13F2NO2S. The molecule has 0 atom stereocenters. The van der Waals surface area contributed by atoms with Crippen LogP contribution in [0.25, 0.3) is 0 Å². The lowest BCUT2D eigenvalue weighted by Crippen LogP contribution is -2.27. The van der Waals surface area contributed by atoms with Gasteiger partial charge in [-0.05, 0) is 0 Å². The Bertz CT molecular complexity index is 204. The lowest BCUT2D eigenvalue weighted by molar-refractivity contribution is 0.147. The van der Waals surface area contributed by atoms with Gasteiger partial charge in [-0.1, -0.05) is 6.92 Å². The highest BCUT2D eigenvalue weighted by atomic mass is 32.2. The van der Waals surface area contributed by atoms with Crippen molar-refractivity contribution in [3.8, 4) is 0 Å². The van der Waals surface area contributed by atoms with E-state index in [9.17, 15) is 17.2 Å². The molecule has 0 bridgehead atoms. The van der Waals surface area contributed by atoms with Crippen LogP contribution in [-0.4, -0.2) is 39.4 Å². The first-order valence-electron chi connectivity index (χ1n) is 3.67. The van der Waals surface area contributed by atoms with Crippen molar-refractivity contribution in [2.24, 2.45) is 0 Å². The monoisotopic (exact) mass is 201 g/mol.